The van der Waals surface area contributed by atoms with Crippen molar-refractivity contribution in [3.8, 4) is 0 Å². The number of aromatic nitrogens is 2. The zero-order chi connectivity index (χ0) is 14.8. The van der Waals surface area contributed by atoms with E-state index in [-0.39, 0.29) is 11.2 Å². The summed E-state index contributed by atoms with van der Waals surface area (Å²) >= 11 is 0. The summed E-state index contributed by atoms with van der Waals surface area (Å²) in [6.45, 7) is 3.73. The Kier molecular flexibility index (Phi) is 4.48. The van der Waals surface area contributed by atoms with Gasteiger partial charge in [0.25, 0.3) is 5.56 Å². The van der Waals surface area contributed by atoms with Crippen LogP contribution in [0.25, 0.3) is 0 Å². The third kappa shape index (κ3) is 2.87. The highest BCUT2D eigenvalue weighted by Crippen LogP contribution is 2.40. The van der Waals surface area contributed by atoms with Crippen molar-refractivity contribution in [2.45, 2.75) is 45.6 Å². The molecule has 1 heterocycles. The summed E-state index contributed by atoms with van der Waals surface area (Å²) in [6.07, 6.45) is 8.02. The lowest BCUT2D eigenvalue weighted by molar-refractivity contribution is 0.268. The fraction of sp³-hybridized carbons (Fsp3) is 0.733. The van der Waals surface area contributed by atoms with Crippen LogP contribution >= 0.6 is 0 Å². The molecule has 0 unspecified atom stereocenters. The monoisotopic (exact) mass is 279 g/mol. The number of nitrogens with zero attached hydrogens (tertiary/aromatic N) is 2. The second-order valence-electron chi connectivity index (χ2n) is 6.08. The molecule has 0 atom stereocenters. The van der Waals surface area contributed by atoms with Crippen molar-refractivity contribution in [1.29, 1.82) is 0 Å². The Morgan fingerprint density at radius 2 is 1.90 bits per heavy atom. The number of aryl methyl sites for hydroxylation is 1. The Morgan fingerprint density at radius 1 is 1.25 bits per heavy atom. The molecule has 0 aliphatic heterocycles. The van der Waals surface area contributed by atoms with Gasteiger partial charge in [-0.05, 0) is 24.7 Å². The third-order valence-electron chi connectivity index (χ3n) is 4.75. The predicted molar refractivity (Wildman–Crippen MR) is 79.8 cm³/mol. The highest BCUT2D eigenvalue weighted by atomic mass is 16.2. The summed E-state index contributed by atoms with van der Waals surface area (Å²) in [5.41, 5.74) is 0.585. The largest absolute Gasteiger partial charge is 0.330 e. The second-order valence-corrected chi connectivity index (χ2v) is 6.08. The van der Waals surface area contributed by atoms with Gasteiger partial charge in [-0.25, -0.2) is 4.79 Å². The summed E-state index contributed by atoms with van der Waals surface area (Å²) in [7, 11) is 3.20. The first-order chi connectivity index (χ1) is 9.49. The topological polar surface area (TPSA) is 56.0 Å². The highest BCUT2D eigenvalue weighted by Gasteiger charge is 2.31. The molecule has 112 valence electrons. The maximum absolute atomic E-state index is 12.0. The van der Waals surface area contributed by atoms with Gasteiger partial charge >= 0.3 is 5.69 Å². The van der Waals surface area contributed by atoms with Crippen LogP contribution in [0.1, 0.15) is 44.6 Å². The van der Waals surface area contributed by atoms with E-state index in [0.717, 1.165) is 6.54 Å². The zero-order valence-corrected chi connectivity index (χ0v) is 12.7. The normalized spacial score (nSPS) is 17.6. The fourth-order valence-corrected chi connectivity index (χ4v) is 3.25. The number of rotatable bonds is 5. The van der Waals surface area contributed by atoms with E-state index in [0.29, 0.717) is 17.5 Å². The Morgan fingerprint density at radius 3 is 2.50 bits per heavy atom. The van der Waals surface area contributed by atoms with Crippen LogP contribution in [0.3, 0.4) is 0 Å². The summed E-state index contributed by atoms with van der Waals surface area (Å²) < 4.78 is 2.63. The van der Waals surface area contributed by atoms with Crippen molar-refractivity contribution >= 4 is 0 Å². The maximum Gasteiger partial charge on any atom is 0.330 e. The molecule has 1 aliphatic carbocycles. The quantitative estimate of drug-likeness (QED) is 0.879. The molecule has 0 aromatic carbocycles. The molecular weight excluding hydrogens is 254 g/mol. The SMILES string of the molecule is CCC1(CNCc2cn(C)c(=O)n(C)c2=O)CCCC1. The van der Waals surface area contributed by atoms with E-state index >= 15 is 0 Å². The molecular formula is C15H25N3O2. The Bertz CT molecular complexity index is 580. The summed E-state index contributed by atoms with van der Waals surface area (Å²) in [4.78, 5) is 23.7. The third-order valence-corrected chi connectivity index (χ3v) is 4.75. The smallest absolute Gasteiger partial charge is 0.312 e. The molecule has 5 heteroatoms. The van der Waals surface area contributed by atoms with Gasteiger partial charge in [-0.2, -0.15) is 0 Å². The van der Waals surface area contributed by atoms with Crippen molar-refractivity contribution < 1.29 is 0 Å². The minimum absolute atomic E-state index is 0.197. The van der Waals surface area contributed by atoms with E-state index in [9.17, 15) is 9.59 Å². The van der Waals surface area contributed by atoms with Gasteiger partial charge in [0, 0.05) is 38.9 Å². The number of hydrogen-bond donors (Lipinski definition) is 1. The van der Waals surface area contributed by atoms with Crippen LogP contribution in [-0.2, 0) is 20.6 Å². The van der Waals surface area contributed by atoms with E-state index in [4.69, 9.17) is 0 Å². The first-order valence-electron chi connectivity index (χ1n) is 7.45. The molecule has 0 bridgehead atoms. The van der Waals surface area contributed by atoms with Crippen LogP contribution < -0.4 is 16.6 Å². The van der Waals surface area contributed by atoms with Crippen LogP contribution in [0.2, 0.25) is 0 Å². The lowest BCUT2D eigenvalue weighted by Gasteiger charge is -2.27. The van der Waals surface area contributed by atoms with E-state index in [2.05, 4.69) is 12.2 Å². The van der Waals surface area contributed by atoms with Gasteiger partial charge in [0.05, 0.1) is 0 Å². The lowest BCUT2D eigenvalue weighted by Crippen LogP contribution is -2.40. The van der Waals surface area contributed by atoms with Gasteiger partial charge in [0.15, 0.2) is 0 Å². The van der Waals surface area contributed by atoms with Crippen molar-refractivity contribution in [3.63, 3.8) is 0 Å². The van der Waals surface area contributed by atoms with Crippen LogP contribution in [0.5, 0.6) is 0 Å². The second kappa shape index (κ2) is 5.95. The minimum atomic E-state index is -0.278. The van der Waals surface area contributed by atoms with Crippen molar-refractivity contribution in [1.82, 2.24) is 14.5 Å². The Labute approximate surface area is 119 Å². The summed E-state index contributed by atoms with van der Waals surface area (Å²) in [5.74, 6) is 0. The lowest BCUT2D eigenvalue weighted by atomic mass is 9.83. The van der Waals surface area contributed by atoms with E-state index < -0.39 is 0 Å². The van der Waals surface area contributed by atoms with Gasteiger partial charge in [-0.15, -0.1) is 0 Å². The molecule has 1 N–H and O–H groups in total. The van der Waals surface area contributed by atoms with Gasteiger partial charge in [-0.1, -0.05) is 19.8 Å². The van der Waals surface area contributed by atoms with E-state index in [1.54, 1.807) is 13.2 Å². The standard InChI is InChI=1S/C15H25N3O2/c1-4-15(7-5-6-8-15)11-16-9-12-10-17(2)14(20)18(3)13(12)19/h10,16H,4-9,11H2,1-3H3. The maximum atomic E-state index is 12.0. The zero-order valence-electron chi connectivity index (χ0n) is 12.7. The van der Waals surface area contributed by atoms with Crippen LogP contribution in [-0.4, -0.2) is 15.7 Å². The van der Waals surface area contributed by atoms with E-state index in [1.165, 1.54) is 48.3 Å². The van der Waals surface area contributed by atoms with Crippen molar-refractivity contribution in [2.75, 3.05) is 6.54 Å². The molecule has 1 aromatic rings. The molecule has 0 amide bonds. The molecule has 20 heavy (non-hydrogen) atoms. The van der Waals surface area contributed by atoms with Gasteiger partial charge < -0.3 is 9.88 Å². The van der Waals surface area contributed by atoms with Gasteiger partial charge in [0.2, 0.25) is 0 Å². The first kappa shape index (κ1) is 15.0. The minimum Gasteiger partial charge on any atom is -0.312 e. The average Bonchev–Trinajstić information content (AvgIpc) is 2.91. The fourth-order valence-electron chi connectivity index (χ4n) is 3.25. The molecule has 1 fully saturated rings. The highest BCUT2D eigenvalue weighted by molar-refractivity contribution is 5.05. The van der Waals surface area contributed by atoms with Crippen molar-refractivity contribution in [2.24, 2.45) is 19.5 Å². The van der Waals surface area contributed by atoms with Gasteiger partial charge in [0.1, 0.15) is 0 Å². The molecule has 1 aliphatic rings. The summed E-state index contributed by atoms with van der Waals surface area (Å²) in [5, 5.41) is 3.42. The molecule has 1 saturated carbocycles. The Hall–Kier alpha value is -1.36. The van der Waals surface area contributed by atoms with Crippen molar-refractivity contribution in [3.05, 3.63) is 32.6 Å². The number of nitrogens with one attached hydrogen (secondary N) is 1. The number of hydrogen-bond acceptors (Lipinski definition) is 3. The van der Waals surface area contributed by atoms with Crippen LogP contribution in [0, 0.1) is 5.41 Å². The molecule has 2 rings (SSSR count). The van der Waals surface area contributed by atoms with Crippen LogP contribution in [0.15, 0.2) is 15.8 Å². The van der Waals surface area contributed by atoms with Crippen LogP contribution in [0.4, 0.5) is 0 Å². The van der Waals surface area contributed by atoms with E-state index in [1.807, 2.05) is 0 Å². The van der Waals surface area contributed by atoms with Gasteiger partial charge in [-0.3, -0.25) is 9.36 Å². The molecule has 0 spiro atoms. The predicted octanol–water partition coefficient (Wildman–Crippen LogP) is 1.14. The molecule has 5 nitrogen and oxygen atoms in total. The Balaban J connectivity index is 2.05. The molecule has 0 saturated heterocycles. The summed E-state index contributed by atoms with van der Waals surface area (Å²) in [6, 6.07) is 0. The molecule has 0 radical (unpaired) electrons. The average molecular weight is 279 g/mol. The molecule has 1 aromatic heterocycles. The first-order valence-corrected chi connectivity index (χ1v) is 7.45.